The van der Waals surface area contributed by atoms with E-state index in [1.54, 1.807) is 30.3 Å². The van der Waals surface area contributed by atoms with E-state index in [-0.39, 0.29) is 17.1 Å². The van der Waals surface area contributed by atoms with Crippen molar-refractivity contribution in [1.82, 2.24) is 13.9 Å². The molecule has 0 bridgehead atoms. The number of aryl methyl sites for hydroxylation is 1. The molecule has 1 aliphatic rings. The number of hydrogen-bond donors (Lipinski definition) is 0. The van der Waals surface area contributed by atoms with Gasteiger partial charge in [0.15, 0.2) is 5.65 Å². The van der Waals surface area contributed by atoms with Crippen LogP contribution in [0.25, 0.3) is 11.0 Å². The molecule has 0 radical (unpaired) electrons. The summed E-state index contributed by atoms with van der Waals surface area (Å²) in [6, 6.07) is 12.7. The number of nitrogens with zero attached hydrogens (tertiary/aromatic N) is 4. The van der Waals surface area contributed by atoms with Crippen LogP contribution in [0.5, 0.6) is 0 Å². The summed E-state index contributed by atoms with van der Waals surface area (Å²) >= 11 is 0. The number of ether oxygens (including phenoxy) is 1. The van der Waals surface area contributed by atoms with Crippen molar-refractivity contribution < 1.29 is 26.3 Å². The van der Waals surface area contributed by atoms with E-state index < -0.39 is 27.8 Å². The van der Waals surface area contributed by atoms with Crippen molar-refractivity contribution >= 4 is 26.9 Å². The molecule has 0 spiro atoms. The van der Waals surface area contributed by atoms with Crippen LogP contribution in [0.3, 0.4) is 0 Å². The van der Waals surface area contributed by atoms with Gasteiger partial charge in [-0.15, -0.1) is 0 Å². The van der Waals surface area contributed by atoms with Gasteiger partial charge in [0.1, 0.15) is 12.1 Å². The highest BCUT2D eigenvalue weighted by Gasteiger charge is 2.32. The smallest absolute Gasteiger partial charge is 0.377 e. The Morgan fingerprint density at radius 2 is 1.71 bits per heavy atom. The van der Waals surface area contributed by atoms with Crippen LogP contribution in [-0.4, -0.2) is 42.1 Å². The third-order valence-electron chi connectivity index (χ3n) is 6.03. The minimum atomic E-state index is -4.42. The molecule has 1 saturated heterocycles. The van der Waals surface area contributed by atoms with Gasteiger partial charge < -0.3 is 9.64 Å². The molecule has 11 heteroatoms. The van der Waals surface area contributed by atoms with Crippen molar-refractivity contribution in [3.63, 3.8) is 0 Å². The molecule has 0 N–H and O–H groups in total. The van der Waals surface area contributed by atoms with E-state index in [2.05, 4.69) is 9.97 Å². The lowest BCUT2D eigenvalue weighted by molar-refractivity contribution is -0.137. The lowest BCUT2D eigenvalue weighted by Gasteiger charge is -2.37. The molecule has 2 aromatic carbocycles. The third-order valence-corrected chi connectivity index (χ3v) is 7.71. The monoisotopic (exact) mass is 502 g/mol. The maximum atomic E-state index is 13.3. The van der Waals surface area contributed by atoms with Crippen LogP contribution in [0.1, 0.15) is 22.7 Å². The first-order valence-electron chi connectivity index (χ1n) is 10.8. The van der Waals surface area contributed by atoms with Crippen LogP contribution in [0.2, 0.25) is 0 Å². The quantitative estimate of drug-likeness (QED) is 0.407. The molecule has 3 heterocycles. The first-order chi connectivity index (χ1) is 16.7. The summed E-state index contributed by atoms with van der Waals surface area (Å²) in [7, 11) is -3.89. The zero-order chi connectivity index (χ0) is 24.8. The summed E-state index contributed by atoms with van der Waals surface area (Å²) < 4.78 is 72.3. The number of anilines is 1. The largest absolute Gasteiger partial charge is 0.416 e. The normalized spacial score (nSPS) is 17.1. The lowest BCUT2D eigenvalue weighted by Crippen LogP contribution is -2.40. The Labute approximate surface area is 199 Å². The summed E-state index contributed by atoms with van der Waals surface area (Å²) in [5.41, 5.74) is 1.06. The Hall–Kier alpha value is -3.44. The third kappa shape index (κ3) is 4.25. The maximum Gasteiger partial charge on any atom is 0.416 e. The summed E-state index contributed by atoms with van der Waals surface area (Å²) in [6.07, 6.45) is -1.70. The van der Waals surface area contributed by atoms with Crippen molar-refractivity contribution in [2.75, 3.05) is 24.7 Å². The number of fused-ring (bicyclic) bond motifs is 1. The second kappa shape index (κ2) is 8.65. The minimum absolute atomic E-state index is 0.134. The fourth-order valence-corrected chi connectivity index (χ4v) is 5.49. The number of morpholine rings is 1. The van der Waals surface area contributed by atoms with Gasteiger partial charge in [-0.2, -0.15) is 13.2 Å². The molecule has 1 aliphatic heterocycles. The highest BCUT2D eigenvalue weighted by Crippen LogP contribution is 2.35. The van der Waals surface area contributed by atoms with Crippen molar-refractivity contribution in [3.05, 3.63) is 83.8 Å². The summed E-state index contributed by atoms with van der Waals surface area (Å²) in [6.45, 7) is 2.94. The zero-order valence-electron chi connectivity index (χ0n) is 18.6. The minimum Gasteiger partial charge on any atom is -0.377 e. The van der Waals surface area contributed by atoms with Crippen molar-refractivity contribution in [1.29, 1.82) is 0 Å². The molecule has 4 aromatic rings. The fourth-order valence-electron chi connectivity index (χ4n) is 4.19. The molecular weight excluding hydrogens is 481 g/mol. The SMILES string of the molecule is Cc1ccc(S(=O)(=O)n2ccc3c(N4CCOCC4c4ccc(C(F)(F)F)cc4)ncnc32)cc1. The van der Waals surface area contributed by atoms with E-state index in [0.717, 1.165) is 21.7 Å². The van der Waals surface area contributed by atoms with Gasteiger partial charge in [-0.1, -0.05) is 29.8 Å². The molecule has 0 amide bonds. The fraction of sp³-hybridized carbons (Fsp3) is 0.250. The summed E-state index contributed by atoms with van der Waals surface area (Å²) in [5, 5.41) is 0.516. The van der Waals surface area contributed by atoms with E-state index in [4.69, 9.17) is 4.74 Å². The molecule has 35 heavy (non-hydrogen) atoms. The number of benzene rings is 2. The van der Waals surface area contributed by atoms with E-state index in [1.165, 1.54) is 24.7 Å². The molecule has 1 fully saturated rings. The van der Waals surface area contributed by atoms with E-state index >= 15 is 0 Å². The summed E-state index contributed by atoms with van der Waals surface area (Å²) in [5.74, 6) is 0.487. The topological polar surface area (TPSA) is 77.3 Å². The van der Waals surface area contributed by atoms with Crippen LogP contribution in [-0.2, 0) is 20.9 Å². The van der Waals surface area contributed by atoms with Gasteiger partial charge in [0.05, 0.1) is 35.1 Å². The second-order valence-corrected chi connectivity index (χ2v) is 10.1. The predicted octanol–water partition coefficient (Wildman–Crippen LogP) is 4.57. The maximum absolute atomic E-state index is 13.3. The van der Waals surface area contributed by atoms with Crippen LogP contribution in [0.15, 0.2) is 72.0 Å². The van der Waals surface area contributed by atoms with E-state index in [9.17, 15) is 21.6 Å². The van der Waals surface area contributed by atoms with Crippen molar-refractivity contribution in [3.8, 4) is 0 Å². The van der Waals surface area contributed by atoms with Crippen LogP contribution < -0.4 is 4.90 Å². The Morgan fingerprint density at radius 3 is 2.40 bits per heavy atom. The molecule has 1 unspecified atom stereocenters. The number of alkyl halides is 3. The second-order valence-electron chi connectivity index (χ2n) is 8.27. The highest BCUT2D eigenvalue weighted by molar-refractivity contribution is 7.90. The highest BCUT2D eigenvalue weighted by atomic mass is 32.2. The molecule has 2 aromatic heterocycles. The molecule has 5 rings (SSSR count). The Kier molecular flexibility index (Phi) is 5.76. The van der Waals surface area contributed by atoms with Gasteiger partial charge in [0.25, 0.3) is 10.0 Å². The van der Waals surface area contributed by atoms with Gasteiger partial charge in [0, 0.05) is 12.7 Å². The molecule has 182 valence electrons. The molecular formula is C24H21F3N4O3S. The number of hydrogen-bond acceptors (Lipinski definition) is 6. The molecule has 7 nitrogen and oxygen atoms in total. The van der Waals surface area contributed by atoms with Crippen molar-refractivity contribution in [2.45, 2.75) is 24.0 Å². The predicted molar refractivity (Wildman–Crippen MR) is 124 cm³/mol. The van der Waals surface area contributed by atoms with Gasteiger partial charge in [-0.3, -0.25) is 0 Å². The summed E-state index contributed by atoms with van der Waals surface area (Å²) in [4.78, 5) is 10.7. The Balaban J connectivity index is 1.55. The van der Waals surface area contributed by atoms with Gasteiger partial charge in [-0.25, -0.2) is 22.4 Å². The number of aromatic nitrogens is 3. The molecule has 1 atom stereocenters. The van der Waals surface area contributed by atoms with Gasteiger partial charge >= 0.3 is 6.18 Å². The Bertz CT molecular complexity index is 1470. The van der Waals surface area contributed by atoms with E-state index in [1.807, 2.05) is 11.8 Å². The first-order valence-corrected chi connectivity index (χ1v) is 12.3. The van der Waals surface area contributed by atoms with Crippen molar-refractivity contribution in [2.24, 2.45) is 0 Å². The zero-order valence-corrected chi connectivity index (χ0v) is 19.4. The number of halogens is 3. The average molecular weight is 503 g/mol. The van der Waals surface area contributed by atoms with Crippen LogP contribution >= 0.6 is 0 Å². The van der Waals surface area contributed by atoms with Gasteiger partial charge in [-0.05, 0) is 42.8 Å². The standard InChI is InChI=1S/C24H21F3N4O3S/c1-16-2-8-19(9-3-16)35(32,33)31-11-10-20-22(28-15-29-23(20)31)30-12-13-34-14-21(30)17-4-6-18(7-5-17)24(25,26)27/h2-11,15,21H,12-14H2,1H3. The molecule has 0 aliphatic carbocycles. The lowest BCUT2D eigenvalue weighted by atomic mass is 10.0. The van der Waals surface area contributed by atoms with Gasteiger partial charge in [0.2, 0.25) is 0 Å². The Morgan fingerprint density at radius 1 is 1.00 bits per heavy atom. The van der Waals surface area contributed by atoms with Crippen LogP contribution in [0, 0.1) is 6.92 Å². The average Bonchev–Trinajstić information content (AvgIpc) is 3.29. The number of rotatable bonds is 4. The van der Waals surface area contributed by atoms with E-state index in [0.29, 0.717) is 29.9 Å². The van der Waals surface area contributed by atoms with Crippen LogP contribution in [0.4, 0.5) is 19.0 Å². The first kappa shape index (κ1) is 23.3. The molecule has 0 saturated carbocycles.